The van der Waals surface area contributed by atoms with E-state index in [4.69, 9.17) is 21.1 Å². The Morgan fingerprint density at radius 1 is 1.28 bits per heavy atom. The minimum absolute atomic E-state index is 0.0224. The van der Waals surface area contributed by atoms with Crippen molar-refractivity contribution in [3.8, 4) is 5.75 Å². The summed E-state index contributed by atoms with van der Waals surface area (Å²) in [6.45, 7) is 4.93. The molecular weight excluding hydrogens is 411 g/mol. The van der Waals surface area contributed by atoms with Gasteiger partial charge in [0.25, 0.3) is 0 Å². The van der Waals surface area contributed by atoms with Gasteiger partial charge >= 0.3 is 6.18 Å². The third-order valence-corrected chi connectivity index (χ3v) is 4.59. The second kappa shape index (κ2) is 8.91. The van der Waals surface area contributed by atoms with E-state index < -0.39 is 11.7 Å². The number of ether oxygens (including phenoxy) is 2. The van der Waals surface area contributed by atoms with E-state index in [1.165, 1.54) is 7.05 Å². The van der Waals surface area contributed by atoms with E-state index in [1.807, 2.05) is 6.92 Å². The average Bonchev–Trinajstić information content (AvgIpc) is 2.70. The van der Waals surface area contributed by atoms with Crippen molar-refractivity contribution in [2.24, 2.45) is 0 Å². The van der Waals surface area contributed by atoms with Crippen LogP contribution < -0.4 is 20.3 Å². The Bertz CT molecular complexity index is 860. The highest BCUT2D eigenvalue weighted by Crippen LogP contribution is 2.39. The van der Waals surface area contributed by atoms with E-state index in [-0.39, 0.29) is 11.8 Å². The number of morpholine rings is 1. The predicted octanol–water partition coefficient (Wildman–Crippen LogP) is 4.17. The number of nitrogens with zero attached hydrogens (tertiary/aromatic N) is 3. The zero-order chi connectivity index (χ0) is 21.0. The standard InChI is InChI=1S/C18H21ClF3N5O2/c1-3-29-15-9-13(12(19)8-14(15)27-4-6-28-7-5-27)25-17-24-10-11(18(20,21)22)16(23-2)26-17/h8-10H,3-7H2,1-2H3,(H2,23,24,25,26). The van der Waals surface area contributed by atoms with Crippen molar-refractivity contribution in [3.05, 3.63) is 28.9 Å². The van der Waals surface area contributed by atoms with Crippen LogP contribution in [0.5, 0.6) is 5.75 Å². The second-order valence-corrected chi connectivity index (χ2v) is 6.57. The van der Waals surface area contributed by atoms with Crippen LogP contribution in [0.4, 0.5) is 36.3 Å². The number of halogens is 4. The van der Waals surface area contributed by atoms with E-state index in [1.54, 1.807) is 12.1 Å². The van der Waals surface area contributed by atoms with Crippen molar-refractivity contribution < 1.29 is 22.6 Å². The van der Waals surface area contributed by atoms with Gasteiger partial charge in [-0.1, -0.05) is 11.6 Å². The molecule has 1 aliphatic rings. The number of anilines is 4. The van der Waals surface area contributed by atoms with Crippen molar-refractivity contribution in [1.29, 1.82) is 0 Å². The lowest BCUT2D eigenvalue weighted by Crippen LogP contribution is -2.36. The molecule has 2 aromatic rings. The van der Waals surface area contributed by atoms with E-state index in [0.29, 0.717) is 49.4 Å². The molecule has 11 heteroatoms. The number of aromatic nitrogens is 2. The Hall–Kier alpha value is -2.46. The summed E-state index contributed by atoms with van der Waals surface area (Å²) in [7, 11) is 1.36. The molecular formula is C18H21ClF3N5O2. The second-order valence-electron chi connectivity index (χ2n) is 6.16. The van der Waals surface area contributed by atoms with Gasteiger partial charge in [0.05, 0.1) is 36.2 Å². The van der Waals surface area contributed by atoms with Crippen molar-refractivity contribution >= 4 is 34.7 Å². The van der Waals surface area contributed by atoms with Crippen LogP contribution in [0.1, 0.15) is 12.5 Å². The molecule has 0 unspecified atom stereocenters. The molecule has 1 fully saturated rings. The molecule has 7 nitrogen and oxygen atoms in total. The van der Waals surface area contributed by atoms with Crippen LogP contribution in [0.3, 0.4) is 0 Å². The monoisotopic (exact) mass is 431 g/mol. The third-order valence-electron chi connectivity index (χ3n) is 4.28. The topological polar surface area (TPSA) is 71.5 Å². The minimum atomic E-state index is -4.56. The van der Waals surface area contributed by atoms with Gasteiger partial charge in [-0.3, -0.25) is 0 Å². The van der Waals surface area contributed by atoms with Gasteiger partial charge in [-0.15, -0.1) is 0 Å². The van der Waals surface area contributed by atoms with Gasteiger partial charge in [-0.05, 0) is 13.0 Å². The Morgan fingerprint density at radius 3 is 2.62 bits per heavy atom. The first kappa shape index (κ1) is 21.3. The summed E-state index contributed by atoms with van der Waals surface area (Å²) in [4.78, 5) is 9.78. The zero-order valence-corrected chi connectivity index (χ0v) is 16.7. The third kappa shape index (κ3) is 4.94. The lowest BCUT2D eigenvalue weighted by atomic mass is 10.2. The highest BCUT2D eigenvalue weighted by atomic mass is 35.5. The highest BCUT2D eigenvalue weighted by Gasteiger charge is 2.35. The molecule has 1 saturated heterocycles. The molecule has 1 aromatic carbocycles. The van der Waals surface area contributed by atoms with Gasteiger partial charge in [0.15, 0.2) is 0 Å². The number of benzene rings is 1. The van der Waals surface area contributed by atoms with Crippen LogP contribution >= 0.6 is 11.6 Å². The summed E-state index contributed by atoms with van der Waals surface area (Å²) in [6.07, 6.45) is -3.84. The average molecular weight is 432 g/mol. The quantitative estimate of drug-likeness (QED) is 0.711. The van der Waals surface area contributed by atoms with Crippen molar-refractivity contribution in [2.45, 2.75) is 13.1 Å². The first-order valence-corrected chi connectivity index (χ1v) is 9.39. The van der Waals surface area contributed by atoms with Gasteiger partial charge in [0, 0.05) is 32.4 Å². The Kier molecular flexibility index (Phi) is 6.53. The van der Waals surface area contributed by atoms with E-state index >= 15 is 0 Å². The van der Waals surface area contributed by atoms with Gasteiger partial charge in [-0.25, -0.2) is 4.98 Å². The van der Waals surface area contributed by atoms with Crippen molar-refractivity contribution in [2.75, 3.05) is 55.5 Å². The van der Waals surface area contributed by atoms with Crippen LogP contribution in [0, 0.1) is 0 Å². The molecule has 0 atom stereocenters. The number of hydrogen-bond donors (Lipinski definition) is 2. The molecule has 0 spiro atoms. The molecule has 0 saturated carbocycles. The molecule has 29 heavy (non-hydrogen) atoms. The lowest BCUT2D eigenvalue weighted by molar-refractivity contribution is -0.137. The first-order chi connectivity index (χ1) is 13.8. The van der Waals surface area contributed by atoms with Gasteiger partial charge in [0.1, 0.15) is 17.1 Å². The van der Waals surface area contributed by atoms with E-state index in [9.17, 15) is 13.2 Å². The van der Waals surface area contributed by atoms with Crippen molar-refractivity contribution in [1.82, 2.24) is 9.97 Å². The molecule has 0 radical (unpaired) electrons. The summed E-state index contributed by atoms with van der Waals surface area (Å²) in [6, 6.07) is 3.44. The van der Waals surface area contributed by atoms with Gasteiger partial charge in [0.2, 0.25) is 5.95 Å². The fourth-order valence-corrected chi connectivity index (χ4v) is 3.13. The van der Waals surface area contributed by atoms with Crippen LogP contribution in [0.2, 0.25) is 5.02 Å². The maximum Gasteiger partial charge on any atom is 0.421 e. The Labute approximate surface area is 171 Å². The Morgan fingerprint density at radius 2 is 2.00 bits per heavy atom. The maximum atomic E-state index is 13.0. The molecule has 0 bridgehead atoms. The van der Waals surface area contributed by atoms with Crippen LogP contribution in [-0.2, 0) is 10.9 Å². The molecule has 0 amide bonds. The molecule has 2 heterocycles. The summed E-state index contributed by atoms with van der Waals surface area (Å²) in [5.41, 5.74) is 0.304. The molecule has 3 rings (SSSR count). The summed E-state index contributed by atoms with van der Waals surface area (Å²) in [5, 5.41) is 5.67. The summed E-state index contributed by atoms with van der Waals surface area (Å²) < 4.78 is 50.2. The van der Waals surface area contributed by atoms with Crippen LogP contribution in [0.15, 0.2) is 18.3 Å². The molecule has 158 valence electrons. The predicted molar refractivity (Wildman–Crippen MR) is 106 cm³/mol. The SMILES string of the molecule is CCOc1cc(Nc2ncc(C(F)(F)F)c(NC)n2)c(Cl)cc1N1CCOCC1. The zero-order valence-electron chi connectivity index (χ0n) is 15.9. The molecule has 0 aliphatic carbocycles. The molecule has 1 aromatic heterocycles. The number of alkyl halides is 3. The lowest BCUT2D eigenvalue weighted by Gasteiger charge is -2.30. The summed E-state index contributed by atoms with van der Waals surface area (Å²) in [5.74, 6) is 0.244. The van der Waals surface area contributed by atoms with Crippen LogP contribution in [-0.4, -0.2) is 49.9 Å². The highest BCUT2D eigenvalue weighted by molar-refractivity contribution is 6.33. The van der Waals surface area contributed by atoms with E-state index in [0.717, 1.165) is 11.9 Å². The van der Waals surface area contributed by atoms with Gasteiger partial charge in [-0.2, -0.15) is 18.2 Å². The first-order valence-electron chi connectivity index (χ1n) is 9.01. The maximum absolute atomic E-state index is 13.0. The largest absolute Gasteiger partial charge is 0.492 e. The number of rotatable bonds is 6. The van der Waals surface area contributed by atoms with E-state index in [2.05, 4.69) is 25.5 Å². The normalized spacial score (nSPS) is 14.6. The van der Waals surface area contributed by atoms with Crippen molar-refractivity contribution in [3.63, 3.8) is 0 Å². The molecule has 2 N–H and O–H groups in total. The fourth-order valence-electron chi connectivity index (χ4n) is 2.92. The van der Waals surface area contributed by atoms with Gasteiger partial charge < -0.3 is 25.0 Å². The smallest absolute Gasteiger partial charge is 0.421 e. The Balaban J connectivity index is 1.92. The fraction of sp³-hybridized carbons (Fsp3) is 0.444. The van der Waals surface area contributed by atoms with Crippen LogP contribution in [0.25, 0.3) is 0 Å². The minimum Gasteiger partial charge on any atom is -0.492 e. The number of nitrogens with one attached hydrogen (secondary N) is 2. The summed E-state index contributed by atoms with van der Waals surface area (Å²) >= 11 is 6.42. The number of hydrogen-bond acceptors (Lipinski definition) is 7. The molecule has 1 aliphatic heterocycles.